The van der Waals surface area contributed by atoms with E-state index in [0.29, 0.717) is 50.7 Å². The molecule has 2 aromatic rings. The Morgan fingerprint density at radius 2 is 1.85 bits per heavy atom. The van der Waals surface area contributed by atoms with E-state index in [1.807, 2.05) is 50.1 Å². The smallest absolute Gasteiger partial charge is 0.243 e. The zero-order chi connectivity index (χ0) is 24.0. The Morgan fingerprint density at radius 1 is 1.18 bits per heavy atom. The summed E-state index contributed by atoms with van der Waals surface area (Å²) in [5.41, 5.74) is 2.16. The van der Waals surface area contributed by atoms with Crippen LogP contribution in [0.25, 0.3) is 0 Å². The summed E-state index contributed by atoms with van der Waals surface area (Å²) in [6.45, 7) is 8.14. The Balaban J connectivity index is 1.67. The first kappa shape index (κ1) is 25.2. The molecule has 1 atom stereocenters. The van der Waals surface area contributed by atoms with Gasteiger partial charge in [0.15, 0.2) is 0 Å². The third-order valence-electron chi connectivity index (χ3n) is 5.75. The number of rotatable bonds is 9. The van der Waals surface area contributed by atoms with Gasteiger partial charge >= 0.3 is 0 Å². The number of sulfonamides is 1. The van der Waals surface area contributed by atoms with Crippen LogP contribution in [0.5, 0.6) is 5.75 Å². The van der Waals surface area contributed by atoms with Crippen LogP contribution in [0.1, 0.15) is 25.0 Å². The summed E-state index contributed by atoms with van der Waals surface area (Å²) in [7, 11) is -1.78. The number of nitrogens with one attached hydrogen (secondary N) is 1. The number of benzene rings is 2. The van der Waals surface area contributed by atoms with E-state index in [1.54, 1.807) is 19.1 Å². The van der Waals surface area contributed by atoms with Crippen molar-refractivity contribution in [3.8, 4) is 5.75 Å². The average molecular weight is 476 g/mol. The summed E-state index contributed by atoms with van der Waals surface area (Å²) in [6, 6.07) is 12.4. The molecule has 0 bridgehead atoms. The lowest BCUT2D eigenvalue weighted by atomic mass is 10.1. The fourth-order valence-corrected chi connectivity index (χ4v) is 5.27. The predicted molar refractivity (Wildman–Crippen MR) is 128 cm³/mol. The zero-order valence-electron chi connectivity index (χ0n) is 19.7. The molecule has 180 valence electrons. The van der Waals surface area contributed by atoms with Crippen LogP contribution in [0.2, 0.25) is 0 Å². The van der Waals surface area contributed by atoms with Crippen molar-refractivity contribution in [3.05, 3.63) is 53.6 Å². The molecule has 1 aliphatic rings. The minimum absolute atomic E-state index is 0.206. The number of hydrogen-bond donors (Lipinski definition) is 1. The minimum Gasteiger partial charge on any atom is -0.494 e. The van der Waals surface area contributed by atoms with E-state index < -0.39 is 16.1 Å². The first-order valence-corrected chi connectivity index (χ1v) is 12.6. The Kier molecular flexibility index (Phi) is 8.47. The molecule has 1 heterocycles. The molecule has 1 unspecified atom stereocenters. The molecule has 3 rings (SSSR count). The van der Waals surface area contributed by atoms with Gasteiger partial charge in [0.2, 0.25) is 15.9 Å². The number of nitrogens with zero attached hydrogens (tertiary/aromatic N) is 2. The summed E-state index contributed by atoms with van der Waals surface area (Å²) in [6.07, 6.45) is 0. The van der Waals surface area contributed by atoms with E-state index in [2.05, 4.69) is 5.32 Å². The van der Waals surface area contributed by atoms with Crippen molar-refractivity contribution >= 4 is 21.6 Å². The molecule has 0 saturated carbocycles. The fraction of sp³-hybridized carbons (Fsp3) is 0.458. The molecule has 1 fully saturated rings. The summed E-state index contributed by atoms with van der Waals surface area (Å²) in [5.74, 6) is 0.610. The van der Waals surface area contributed by atoms with Gasteiger partial charge in [-0.2, -0.15) is 4.31 Å². The Morgan fingerprint density at radius 3 is 2.48 bits per heavy atom. The highest BCUT2D eigenvalue weighted by Gasteiger charge is 2.28. The van der Waals surface area contributed by atoms with Gasteiger partial charge in [0.25, 0.3) is 0 Å². The molecular formula is C24H33N3O5S. The lowest BCUT2D eigenvalue weighted by molar-refractivity contribution is -0.120. The van der Waals surface area contributed by atoms with Crippen LogP contribution in [-0.4, -0.2) is 69.5 Å². The van der Waals surface area contributed by atoms with E-state index in [0.717, 1.165) is 11.3 Å². The highest BCUT2D eigenvalue weighted by molar-refractivity contribution is 7.89. The highest BCUT2D eigenvalue weighted by Crippen LogP contribution is 2.25. The van der Waals surface area contributed by atoms with Crippen LogP contribution in [0.4, 0.5) is 5.69 Å². The summed E-state index contributed by atoms with van der Waals surface area (Å²) in [4.78, 5) is 15.0. The van der Waals surface area contributed by atoms with Gasteiger partial charge in [0, 0.05) is 25.3 Å². The third kappa shape index (κ3) is 6.32. The maximum absolute atomic E-state index is 13.1. The molecular weight excluding hydrogens is 442 g/mol. The Labute approximate surface area is 196 Å². The second kappa shape index (κ2) is 11.1. The summed E-state index contributed by atoms with van der Waals surface area (Å²) in [5, 5.41) is 2.87. The first-order valence-electron chi connectivity index (χ1n) is 11.1. The largest absolute Gasteiger partial charge is 0.494 e. The van der Waals surface area contributed by atoms with Gasteiger partial charge in [-0.1, -0.05) is 18.2 Å². The van der Waals surface area contributed by atoms with Gasteiger partial charge in [-0.15, -0.1) is 0 Å². The number of ether oxygens (including phenoxy) is 2. The quantitative estimate of drug-likeness (QED) is 0.600. The summed E-state index contributed by atoms with van der Waals surface area (Å²) >= 11 is 0. The SMILES string of the molecule is CCOc1ccc(CN(C)C(C)C(=O)Nc2ccc(C)c(S(=O)(=O)N3CCOCC3)c2)cc1. The minimum atomic E-state index is -3.65. The number of anilines is 1. The Bertz CT molecular complexity index is 1050. The van der Waals surface area contributed by atoms with Crippen LogP contribution in [0, 0.1) is 6.92 Å². The Hall–Kier alpha value is -2.46. The molecule has 0 spiro atoms. The maximum atomic E-state index is 13.1. The molecule has 1 aliphatic heterocycles. The van der Waals surface area contributed by atoms with Gasteiger partial charge < -0.3 is 14.8 Å². The van der Waals surface area contributed by atoms with E-state index >= 15 is 0 Å². The van der Waals surface area contributed by atoms with Crippen LogP contribution in [-0.2, 0) is 26.1 Å². The zero-order valence-corrected chi connectivity index (χ0v) is 20.5. The second-order valence-corrected chi connectivity index (χ2v) is 10.1. The molecule has 1 saturated heterocycles. The lowest BCUT2D eigenvalue weighted by Crippen LogP contribution is -2.41. The number of morpholine rings is 1. The molecule has 8 nitrogen and oxygen atoms in total. The summed E-state index contributed by atoms with van der Waals surface area (Å²) < 4.78 is 38.4. The molecule has 1 amide bonds. The van der Waals surface area contributed by atoms with Gasteiger partial charge in [-0.05, 0) is 63.2 Å². The number of aryl methyl sites for hydroxylation is 1. The van der Waals surface area contributed by atoms with Crippen molar-refractivity contribution in [1.82, 2.24) is 9.21 Å². The average Bonchev–Trinajstić information content (AvgIpc) is 2.81. The van der Waals surface area contributed by atoms with Crippen LogP contribution in [0.3, 0.4) is 0 Å². The van der Waals surface area contributed by atoms with Crippen molar-refractivity contribution in [2.24, 2.45) is 0 Å². The fourth-order valence-electron chi connectivity index (χ4n) is 3.61. The van der Waals surface area contributed by atoms with Gasteiger partial charge in [0.1, 0.15) is 5.75 Å². The second-order valence-electron chi connectivity index (χ2n) is 8.15. The molecule has 0 aromatic heterocycles. The topological polar surface area (TPSA) is 88.2 Å². The van der Waals surface area contributed by atoms with Crippen LogP contribution < -0.4 is 10.1 Å². The van der Waals surface area contributed by atoms with Gasteiger partial charge in [0.05, 0.1) is 30.8 Å². The van der Waals surface area contributed by atoms with E-state index in [4.69, 9.17) is 9.47 Å². The third-order valence-corrected chi connectivity index (χ3v) is 7.79. The van der Waals surface area contributed by atoms with Crippen molar-refractivity contribution < 1.29 is 22.7 Å². The number of carbonyl (C=O) groups excluding carboxylic acids is 1. The van der Waals surface area contributed by atoms with Crippen molar-refractivity contribution in [2.75, 3.05) is 45.3 Å². The van der Waals surface area contributed by atoms with Crippen molar-refractivity contribution in [2.45, 2.75) is 38.3 Å². The molecule has 1 N–H and O–H groups in total. The van der Waals surface area contributed by atoms with Gasteiger partial charge in [-0.25, -0.2) is 8.42 Å². The maximum Gasteiger partial charge on any atom is 0.243 e. The number of likely N-dealkylation sites (N-methyl/N-ethyl adjacent to an activating group) is 1. The first-order chi connectivity index (χ1) is 15.7. The predicted octanol–water partition coefficient (Wildman–Crippen LogP) is 2.87. The molecule has 9 heteroatoms. The molecule has 0 aliphatic carbocycles. The number of amides is 1. The van der Waals surface area contributed by atoms with E-state index in [9.17, 15) is 13.2 Å². The standard InChI is InChI=1S/C24H33N3O5S/c1-5-32-22-10-7-20(8-11-22)17-26(4)19(3)24(28)25-21-9-6-18(2)23(16-21)33(29,30)27-12-14-31-15-13-27/h6-11,16,19H,5,12-15,17H2,1-4H3,(H,25,28). The van der Waals surface area contributed by atoms with E-state index in [-0.39, 0.29) is 10.8 Å². The molecule has 0 radical (unpaired) electrons. The monoisotopic (exact) mass is 475 g/mol. The number of carbonyl (C=O) groups is 1. The van der Waals surface area contributed by atoms with Gasteiger partial charge in [-0.3, -0.25) is 9.69 Å². The normalized spacial score (nSPS) is 15.9. The lowest BCUT2D eigenvalue weighted by Gasteiger charge is -2.27. The van der Waals surface area contributed by atoms with Crippen LogP contribution in [0.15, 0.2) is 47.4 Å². The van der Waals surface area contributed by atoms with Crippen molar-refractivity contribution in [3.63, 3.8) is 0 Å². The van der Waals surface area contributed by atoms with Crippen molar-refractivity contribution in [1.29, 1.82) is 0 Å². The van der Waals surface area contributed by atoms with Crippen LogP contribution >= 0.6 is 0 Å². The number of hydrogen-bond acceptors (Lipinski definition) is 6. The molecule has 2 aromatic carbocycles. The van der Waals surface area contributed by atoms with E-state index in [1.165, 1.54) is 10.4 Å². The molecule has 33 heavy (non-hydrogen) atoms. The highest BCUT2D eigenvalue weighted by atomic mass is 32.2.